The Morgan fingerprint density at radius 1 is 1.40 bits per heavy atom. The normalized spacial score (nSPS) is 52.7. The van der Waals surface area contributed by atoms with Gasteiger partial charge in [-0.3, -0.25) is 0 Å². The van der Waals surface area contributed by atoms with Crippen LogP contribution in [-0.4, -0.2) is 11.2 Å². The summed E-state index contributed by atoms with van der Waals surface area (Å²) in [5.41, 5.74) is 0.601. The maximum atomic E-state index is 9.33. The first-order valence-electron chi connectivity index (χ1n) is 4.19. The summed E-state index contributed by atoms with van der Waals surface area (Å²) in [6.07, 6.45) is 8.44. The minimum atomic E-state index is 0.00113. The lowest BCUT2D eigenvalue weighted by Crippen LogP contribution is -2.41. The molecule has 0 amide bonds. The van der Waals surface area contributed by atoms with Crippen molar-refractivity contribution in [3.8, 4) is 0 Å². The summed E-state index contributed by atoms with van der Waals surface area (Å²) in [5.74, 6) is 1.38. The van der Waals surface area contributed by atoms with Crippen LogP contribution in [0, 0.1) is 17.3 Å². The monoisotopic (exact) mass is 136 g/mol. The molecule has 0 aromatic rings. The van der Waals surface area contributed by atoms with Crippen LogP contribution in [0.1, 0.15) is 19.3 Å². The van der Waals surface area contributed by atoms with E-state index in [4.69, 9.17) is 0 Å². The highest BCUT2D eigenvalue weighted by Gasteiger charge is 2.59. The van der Waals surface area contributed by atoms with Crippen LogP contribution in [0.2, 0.25) is 0 Å². The van der Waals surface area contributed by atoms with Gasteiger partial charge in [-0.05, 0) is 30.6 Å². The SMILES string of the molecule is OC1CC2C1C=CC21CC1. The number of hydrogen-bond acceptors (Lipinski definition) is 1. The molecule has 1 nitrogen and oxygen atoms in total. The van der Waals surface area contributed by atoms with Gasteiger partial charge in [-0.1, -0.05) is 12.2 Å². The van der Waals surface area contributed by atoms with Gasteiger partial charge in [0.1, 0.15) is 0 Å². The summed E-state index contributed by atoms with van der Waals surface area (Å²) < 4.78 is 0. The van der Waals surface area contributed by atoms with Crippen LogP contribution in [0.5, 0.6) is 0 Å². The van der Waals surface area contributed by atoms with Crippen LogP contribution in [0.4, 0.5) is 0 Å². The van der Waals surface area contributed by atoms with E-state index in [0.29, 0.717) is 11.3 Å². The van der Waals surface area contributed by atoms with E-state index in [1.165, 1.54) is 12.8 Å². The van der Waals surface area contributed by atoms with Crippen LogP contribution in [0.25, 0.3) is 0 Å². The molecule has 2 fully saturated rings. The van der Waals surface area contributed by atoms with Gasteiger partial charge in [0.25, 0.3) is 0 Å². The van der Waals surface area contributed by atoms with Gasteiger partial charge in [0.2, 0.25) is 0 Å². The molecule has 2 saturated carbocycles. The molecule has 0 saturated heterocycles. The van der Waals surface area contributed by atoms with Crippen molar-refractivity contribution in [2.75, 3.05) is 0 Å². The van der Waals surface area contributed by atoms with Gasteiger partial charge in [0.05, 0.1) is 6.10 Å². The second-order valence-corrected chi connectivity index (χ2v) is 4.08. The lowest BCUT2D eigenvalue weighted by molar-refractivity contribution is -0.0202. The molecule has 3 unspecified atom stereocenters. The Bertz CT molecular complexity index is 203. The average Bonchev–Trinajstić information content (AvgIpc) is 2.57. The van der Waals surface area contributed by atoms with Crippen molar-refractivity contribution in [1.29, 1.82) is 0 Å². The summed E-state index contributed by atoms with van der Waals surface area (Å²) in [4.78, 5) is 0. The summed E-state index contributed by atoms with van der Waals surface area (Å²) in [6.45, 7) is 0. The lowest BCUT2D eigenvalue weighted by Gasteiger charge is -2.39. The largest absolute Gasteiger partial charge is 0.392 e. The molecule has 3 aliphatic rings. The highest BCUT2D eigenvalue weighted by molar-refractivity contribution is 5.26. The van der Waals surface area contributed by atoms with E-state index in [2.05, 4.69) is 12.2 Å². The molecule has 0 bridgehead atoms. The molecular formula is C9H12O. The van der Waals surface area contributed by atoms with Gasteiger partial charge in [0, 0.05) is 5.92 Å². The molecule has 0 radical (unpaired) electrons. The second-order valence-electron chi connectivity index (χ2n) is 4.08. The predicted octanol–water partition coefficient (Wildman–Crippen LogP) is 1.33. The predicted molar refractivity (Wildman–Crippen MR) is 38.4 cm³/mol. The molecule has 1 heteroatoms. The van der Waals surface area contributed by atoms with Crippen molar-refractivity contribution in [1.82, 2.24) is 0 Å². The van der Waals surface area contributed by atoms with E-state index in [9.17, 15) is 5.11 Å². The Hall–Kier alpha value is -0.300. The van der Waals surface area contributed by atoms with E-state index >= 15 is 0 Å². The van der Waals surface area contributed by atoms with Crippen LogP contribution in [0.3, 0.4) is 0 Å². The van der Waals surface area contributed by atoms with Crippen molar-refractivity contribution in [3.05, 3.63) is 12.2 Å². The maximum Gasteiger partial charge on any atom is 0.0609 e. The smallest absolute Gasteiger partial charge is 0.0609 e. The van der Waals surface area contributed by atoms with Gasteiger partial charge in [-0.2, -0.15) is 0 Å². The van der Waals surface area contributed by atoms with Crippen LogP contribution >= 0.6 is 0 Å². The van der Waals surface area contributed by atoms with E-state index in [1.807, 2.05) is 0 Å². The fourth-order valence-electron chi connectivity index (χ4n) is 2.64. The van der Waals surface area contributed by atoms with Crippen LogP contribution in [0.15, 0.2) is 12.2 Å². The quantitative estimate of drug-likeness (QED) is 0.498. The Labute approximate surface area is 60.7 Å². The van der Waals surface area contributed by atoms with Crippen molar-refractivity contribution < 1.29 is 5.11 Å². The zero-order valence-corrected chi connectivity index (χ0v) is 5.96. The molecule has 0 aliphatic heterocycles. The Kier molecular flexibility index (Phi) is 0.713. The number of aliphatic hydroxyl groups excluding tert-OH is 1. The number of aliphatic hydroxyl groups is 1. The molecule has 0 heterocycles. The van der Waals surface area contributed by atoms with Crippen LogP contribution < -0.4 is 0 Å². The average molecular weight is 136 g/mol. The van der Waals surface area contributed by atoms with Gasteiger partial charge in [-0.25, -0.2) is 0 Å². The van der Waals surface area contributed by atoms with Crippen molar-refractivity contribution in [2.24, 2.45) is 17.3 Å². The number of rotatable bonds is 0. The molecule has 1 spiro atoms. The standard InChI is InChI=1S/C9H12O/c10-8-5-7-6(8)1-2-9(7)3-4-9/h1-2,6-8,10H,3-5H2. The highest BCUT2D eigenvalue weighted by Crippen LogP contribution is 2.65. The first-order chi connectivity index (χ1) is 4.82. The van der Waals surface area contributed by atoms with Gasteiger partial charge in [0.15, 0.2) is 0 Å². The Balaban J connectivity index is 1.92. The molecule has 0 aromatic carbocycles. The Morgan fingerprint density at radius 3 is 2.70 bits per heavy atom. The summed E-state index contributed by atoms with van der Waals surface area (Å²) in [7, 11) is 0. The summed E-state index contributed by atoms with van der Waals surface area (Å²) in [6, 6.07) is 0. The third kappa shape index (κ3) is 0.420. The fraction of sp³-hybridized carbons (Fsp3) is 0.778. The van der Waals surface area contributed by atoms with E-state index in [0.717, 1.165) is 12.3 Å². The minimum absolute atomic E-state index is 0.00113. The van der Waals surface area contributed by atoms with E-state index in [1.54, 1.807) is 0 Å². The maximum absolute atomic E-state index is 9.33. The molecule has 10 heavy (non-hydrogen) atoms. The third-order valence-electron chi connectivity index (χ3n) is 3.62. The lowest BCUT2D eigenvalue weighted by atomic mass is 9.68. The fourth-order valence-corrected chi connectivity index (χ4v) is 2.64. The van der Waals surface area contributed by atoms with E-state index in [-0.39, 0.29) is 6.10 Å². The highest BCUT2D eigenvalue weighted by atomic mass is 16.3. The van der Waals surface area contributed by atoms with Gasteiger partial charge in [-0.15, -0.1) is 0 Å². The molecular weight excluding hydrogens is 124 g/mol. The number of fused-ring (bicyclic) bond motifs is 2. The molecule has 3 atom stereocenters. The molecule has 3 aliphatic carbocycles. The third-order valence-corrected chi connectivity index (χ3v) is 3.62. The second kappa shape index (κ2) is 1.33. The first-order valence-corrected chi connectivity index (χ1v) is 4.19. The zero-order valence-electron chi connectivity index (χ0n) is 5.96. The minimum Gasteiger partial charge on any atom is -0.392 e. The summed E-state index contributed by atoms with van der Waals surface area (Å²) >= 11 is 0. The summed E-state index contributed by atoms with van der Waals surface area (Å²) in [5, 5.41) is 9.33. The molecule has 0 aromatic heterocycles. The molecule has 54 valence electrons. The molecule has 3 rings (SSSR count). The Morgan fingerprint density at radius 2 is 2.20 bits per heavy atom. The number of hydrogen-bond donors (Lipinski definition) is 1. The molecule has 1 N–H and O–H groups in total. The van der Waals surface area contributed by atoms with Gasteiger partial charge < -0.3 is 5.11 Å². The van der Waals surface area contributed by atoms with Gasteiger partial charge >= 0.3 is 0 Å². The van der Waals surface area contributed by atoms with Crippen molar-refractivity contribution >= 4 is 0 Å². The van der Waals surface area contributed by atoms with E-state index < -0.39 is 0 Å². The van der Waals surface area contributed by atoms with Crippen molar-refractivity contribution in [3.63, 3.8) is 0 Å². The first kappa shape index (κ1) is 5.36. The number of allylic oxidation sites excluding steroid dienone is 1. The van der Waals surface area contributed by atoms with Crippen molar-refractivity contribution in [2.45, 2.75) is 25.4 Å². The van der Waals surface area contributed by atoms with Crippen LogP contribution in [-0.2, 0) is 0 Å². The zero-order chi connectivity index (χ0) is 6.77. The topological polar surface area (TPSA) is 20.2 Å².